The summed E-state index contributed by atoms with van der Waals surface area (Å²) in [6.07, 6.45) is -0.391. The molecule has 0 rings (SSSR count). The second kappa shape index (κ2) is 7.79. The van der Waals surface area contributed by atoms with Gasteiger partial charge in [-0.05, 0) is 53.0 Å². The van der Waals surface area contributed by atoms with Crippen molar-refractivity contribution >= 4 is 14.4 Å². The van der Waals surface area contributed by atoms with E-state index in [1.807, 2.05) is 39.8 Å². The quantitative estimate of drug-likeness (QED) is 0.757. The molecule has 0 aliphatic heterocycles. The van der Waals surface area contributed by atoms with E-state index in [9.17, 15) is 4.79 Å². The number of amides is 1. The molecule has 0 aromatic rings. The van der Waals surface area contributed by atoms with Gasteiger partial charge in [-0.1, -0.05) is 20.8 Å². The lowest BCUT2D eigenvalue weighted by atomic mass is 10.2. The zero-order valence-electron chi connectivity index (χ0n) is 16.2. The third-order valence-corrected chi connectivity index (χ3v) is 8.26. The third-order valence-electron chi connectivity index (χ3n) is 3.76. The molecule has 0 bridgehead atoms. The highest BCUT2D eigenvalue weighted by Gasteiger charge is 2.37. The first kappa shape index (κ1) is 21.4. The monoisotopic (exact) mass is 332 g/mol. The summed E-state index contributed by atoms with van der Waals surface area (Å²) in [5, 5.41) is 3.08. The summed E-state index contributed by atoms with van der Waals surface area (Å²) < 4.78 is 11.6. The molecule has 0 aromatic heterocycles. The van der Waals surface area contributed by atoms with Crippen molar-refractivity contribution in [1.29, 1.82) is 0 Å². The Labute approximate surface area is 137 Å². The van der Waals surface area contributed by atoms with Crippen LogP contribution in [0.1, 0.15) is 41.5 Å². The predicted octanol–water partition coefficient (Wildman–Crippen LogP) is 3.46. The van der Waals surface area contributed by atoms with Crippen LogP contribution in [-0.4, -0.2) is 58.2 Å². The molecule has 0 fully saturated rings. The molecule has 0 aliphatic rings. The summed E-state index contributed by atoms with van der Waals surface area (Å²) in [5.74, 6) is 0. The van der Waals surface area contributed by atoms with Crippen molar-refractivity contribution in [1.82, 2.24) is 10.2 Å². The zero-order valence-corrected chi connectivity index (χ0v) is 17.2. The highest BCUT2D eigenvalue weighted by Crippen LogP contribution is 2.36. The fourth-order valence-electron chi connectivity index (χ4n) is 1.58. The molecule has 0 aliphatic carbocycles. The largest absolute Gasteiger partial charge is 0.444 e. The first-order valence-electron chi connectivity index (χ1n) is 7.92. The van der Waals surface area contributed by atoms with Crippen molar-refractivity contribution in [2.45, 2.75) is 71.3 Å². The maximum absolute atomic E-state index is 12.0. The zero-order chi connectivity index (χ0) is 17.8. The molecular formula is C16H36N2O3Si. The molecule has 22 heavy (non-hydrogen) atoms. The van der Waals surface area contributed by atoms with Crippen LogP contribution in [0.2, 0.25) is 18.1 Å². The van der Waals surface area contributed by atoms with Crippen molar-refractivity contribution in [2.24, 2.45) is 0 Å². The minimum Gasteiger partial charge on any atom is -0.444 e. The number of carbonyl (C=O) groups excluding carboxylic acids is 1. The highest BCUT2D eigenvalue weighted by atomic mass is 28.4. The minimum absolute atomic E-state index is 0.0843. The fraction of sp³-hybridized carbons (Fsp3) is 0.938. The molecule has 0 radical (unpaired) electrons. The van der Waals surface area contributed by atoms with Crippen LogP contribution in [0.5, 0.6) is 0 Å². The van der Waals surface area contributed by atoms with E-state index in [0.717, 1.165) is 0 Å². The van der Waals surface area contributed by atoms with Gasteiger partial charge in [0.15, 0.2) is 8.32 Å². The first-order chi connectivity index (χ1) is 9.64. The molecular weight excluding hydrogens is 296 g/mol. The van der Waals surface area contributed by atoms with E-state index in [0.29, 0.717) is 13.2 Å². The van der Waals surface area contributed by atoms with Crippen molar-refractivity contribution in [3.8, 4) is 0 Å². The van der Waals surface area contributed by atoms with Crippen LogP contribution in [0, 0.1) is 0 Å². The van der Waals surface area contributed by atoms with Crippen LogP contribution >= 0.6 is 0 Å². The Kier molecular flexibility index (Phi) is 7.58. The Morgan fingerprint density at radius 1 is 1.14 bits per heavy atom. The molecule has 1 atom stereocenters. The highest BCUT2D eigenvalue weighted by molar-refractivity contribution is 6.74. The molecule has 6 heteroatoms. The number of alkyl carbamates (subject to hydrolysis) is 1. The number of likely N-dealkylation sites (N-methyl/N-ethyl adjacent to an activating group) is 1. The molecule has 1 N–H and O–H groups in total. The average Bonchev–Trinajstić information content (AvgIpc) is 2.20. The van der Waals surface area contributed by atoms with Crippen molar-refractivity contribution in [2.75, 3.05) is 27.2 Å². The first-order valence-corrected chi connectivity index (χ1v) is 10.8. The van der Waals surface area contributed by atoms with Gasteiger partial charge in [0.25, 0.3) is 0 Å². The molecule has 0 saturated carbocycles. The Morgan fingerprint density at radius 2 is 1.64 bits per heavy atom. The normalized spacial score (nSPS) is 14.9. The number of nitrogens with zero attached hydrogens (tertiary/aromatic N) is 1. The van der Waals surface area contributed by atoms with Crippen LogP contribution < -0.4 is 5.32 Å². The van der Waals surface area contributed by atoms with Crippen LogP contribution in [0.4, 0.5) is 4.79 Å². The predicted molar refractivity (Wildman–Crippen MR) is 94.9 cm³/mol. The number of rotatable bonds is 6. The SMILES string of the molecule is CN(C)C[C@H](CO[Si](C)(C)C(C)(C)C)NC(=O)OC(C)(C)C. The number of hydrogen-bond acceptors (Lipinski definition) is 4. The average molecular weight is 333 g/mol. The van der Waals surface area contributed by atoms with Gasteiger partial charge in [0.1, 0.15) is 5.60 Å². The molecule has 0 aromatic carbocycles. The molecule has 0 unspecified atom stereocenters. The van der Waals surface area contributed by atoms with Gasteiger partial charge in [-0.25, -0.2) is 4.79 Å². The molecule has 0 heterocycles. The lowest BCUT2D eigenvalue weighted by Crippen LogP contribution is -2.50. The van der Waals surface area contributed by atoms with Gasteiger partial charge < -0.3 is 19.4 Å². The molecule has 0 saturated heterocycles. The van der Waals surface area contributed by atoms with Crippen LogP contribution in [0.15, 0.2) is 0 Å². The van der Waals surface area contributed by atoms with Gasteiger partial charge in [-0.3, -0.25) is 0 Å². The topological polar surface area (TPSA) is 50.8 Å². The standard InChI is InChI=1S/C16H36N2O3Si/c1-15(2,3)21-14(19)17-13(11-18(7)8)12-20-22(9,10)16(4,5)6/h13H,11-12H2,1-10H3,(H,17,19)/t13-/m1/s1. The third kappa shape index (κ3) is 8.75. The number of ether oxygens (including phenoxy) is 1. The van der Waals surface area contributed by atoms with Gasteiger partial charge >= 0.3 is 6.09 Å². The van der Waals surface area contributed by atoms with E-state index >= 15 is 0 Å². The maximum Gasteiger partial charge on any atom is 0.407 e. The number of carbonyl (C=O) groups is 1. The Hall–Kier alpha value is -0.593. The van der Waals surface area contributed by atoms with Gasteiger partial charge in [-0.15, -0.1) is 0 Å². The Morgan fingerprint density at radius 3 is 2.00 bits per heavy atom. The Bertz CT molecular complexity index is 357. The van der Waals surface area contributed by atoms with Gasteiger partial charge in [-0.2, -0.15) is 0 Å². The second-order valence-corrected chi connectivity index (χ2v) is 13.5. The van der Waals surface area contributed by atoms with Gasteiger partial charge in [0.2, 0.25) is 0 Å². The fourth-order valence-corrected chi connectivity index (χ4v) is 2.63. The second-order valence-electron chi connectivity index (χ2n) is 8.68. The van der Waals surface area contributed by atoms with E-state index in [1.165, 1.54) is 0 Å². The van der Waals surface area contributed by atoms with Crippen LogP contribution in [0.25, 0.3) is 0 Å². The van der Waals surface area contributed by atoms with Crippen molar-refractivity contribution in [3.05, 3.63) is 0 Å². The van der Waals surface area contributed by atoms with E-state index in [2.05, 4.69) is 39.2 Å². The van der Waals surface area contributed by atoms with Gasteiger partial charge in [0, 0.05) is 6.54 Å². The van der Waals surface area contributed by atoms with E-state index in [4.69, 9.17) is 9.16 Å². The van der Waals surface area contributed by atoms with Crippen LogP contribution in [-0.2, 0) is 9.16 Å². The smallest absolute Gasteiger partial charge is 0.407 e. The summed E-state index contributed by atoms with van der Waals surface area (Å²) in [6.45, 7) is 17.9. The van der Waals surface area contributed by atoms with E-state index < -0.39 is 20.0 Å². The van der Waals surface area contributed by atoms with Gasteiger partial charge in [0.05, 0.1) is 12.6 Å². The number of hydrogen-bond donors (Lipinski definition) is 1. The summed E-state index contributed by atoms with van der Waals surface area (Å²) >= 11 is 0. The molecule has 1 amide bonds. The summed E-state index contributed by atoms with van der Waals surface area (Å²) in [4.78, 5) is 14.0. The number of nitrogens with one attached hydrogen (secondary N) is 1. The summed E-state index contributed by atoms with van der Waals surface area (Å²) in [6, 6.07) is -0.0843. The Balaban J connectivity index is 4.70. The lowest BCUT2D eigenvalue weighted by molar-refractivity contribution is 0.0474. The molecule has 0 spiro atoms. The van der Waals surface area contributed by atoms with Crippen molar-refractivity contribution in [3.63, 3.8) is 0 Å². The minimum atomic E-state index is -1.83. The summed E-state index contributed by atoms with van der Waals surface area (Å²) in [7, 11) is 2.14. The molecule has 5 nitrogen and oxygen atoms in total. The lowest BCUT2D eigenvalue weighted by Gasteiger charge is -2.37. The summed E-state index contributed by atoms with van der Waals surface area (Å²) in [5.41, 5.74) is -0.493. The van der Waals surface area contributed by atoms with Crippen LogP contribution in [0.3, 0.4) is 0 Å². The van der Waals surface area contributed by atoms with E-state index in [-0.39, 0.29) is 11.1 Å². The van der Waals surface area contributed by atoms with Crippen molar-refractivity contribution < 1.29 is 14.0 Å². The molecule has 132 valence electrons. The van der Waals surface area contributed by atoms with E-state index in [1.54, 1.807) is 0 Å². The maximum atomic E-state index is 12.0.